The summed E-state index contributed by atoms with van der Waals surface area (Å²) in [5.41, 5.74) is 3.13. The molecule has 0 amide bonds. The fraction of sp³-hybridized carbons (Fsp3) is 0.111. The second-order valence-corrected chi connectivity index (χ2v) is 6.13. The van der Waals surface area contributed by atoms with Crippen LogP contribution in [-0.2, 0) is 6.54 Å². The van der Waals surface area contributed by atoms with Crippen molar-refractivity contribution in [2.45, 2.75) is 13.5 Å². The van der Waals surface area contributed by atoms with Crippen LogP contribution in [0.15, 0.2) is 60.9 Å². The third kappa shape index (κ3) is 3.93. The second-order valence-electron chi connectivity index (χ2n) is 5.29. The molecule has 0 aliphatic carbocycles. The molecule has 6 heteroatoms. The van der Waals surface area contributed by atoms with Gasteiger partial charge in [-0.25, -0.2) is 4.98 Å². The summed E-state index contributed by atoms with van der Waals surface area (Å²) in [5, 5.41) is 7.65. The van der Waals surface area contributed by atoms with E-state index in [2.05, 4.69) is 32.3 Å². The number of nitrogens with zero attached hydrogens (tertiary/aromatic N) is 2. The van der Waals surface area contributed by atoms with Crippen LogP contribution in [0.2, 0.25) is 5.02 Å². The average Bonchev–Trinajstić information content (AvgIpc) is 3.01. The lowest BCUT2D eigenvalue weighted by molar-refractivity contribution is 0.885. The van der Waals surface area contributed by atoms with Crippen molar-refractivity contribution in [3.8, 4) is 5.69 Å². The Morgan fingerprint density at radius 1 is 1.17 bits per heavy atom. The summed E-state index contributed by atoms with van der Waals surface area (Å²) in [4.78, 5) is 4.29. The van der Waals surface area contributed by atoms with Crippen LogP contribution in [0, 0.1) is 6.92 Å². The number of benzene rings is 2. The van der Waals surface area contributed by atoms with E-state index in [1.165, 1.54) is 0 Å². The maximum Gasteiger partial charge on any atom is 0.171 e. The van der Waals surface area contributed by atoms with Gasteiger partial charge in [-0.3, -0.25) is 0 Å². The number of aromatic nitrogens is 2. The predicted molar refractivity (Wildman–Crippen MR) is 103 cm³/mol. The molecule has 0 saturated carbocycles. The Kier molecular flexibility index (Phi) is 5.13. The zero-order chi connectivity index (χ0) is 16.9. The number of aryl methyl sites for hydroxylation is 1. The molecule has 0 atom stereocenters. The number of rotatable bonds is 4. The lowest BCUT2D eigenvalue weighted by Crippen LogP contribution is -2.28. The first-order valence-electron chi connectivity index (χ1n) is 7.52. The standard InChI is InChI=1S/C18H17ClN4S/c1-13-20-10-11-23(13)17-5-3-2-4-14(17)12-21-18(24)22-16-8-6-15(19)7-9-16/h2-11H,12H2,1H3,(H2,21,22,24). The van der Waals surface area contributed by atoms with Crippen molar-refractivity contribution in [1.82, 2.24) is 14.9 Å². The molecule has 3 aromatic rings. The molecule has 4 nitrogen and oxygen atoms in total. The number of thiocarbonyl (C=S) groups is 1. The molecule has 2 N–H and O–H groups in total. The summed E-state index contributed by atoms with van der Waals surface area (Å²) in [6, 6.07) is 15.6. The topological polar surface area (TPSA) is 41.9 Å². The number of anilines is 1. The van der Waals surface area contributed by atoms with Crippen molar-refractivity contribution in [3.05, 3.63) is 77.3 Å². The Labute approximate surface area is 151 Å². The van der Waals surface area contributed by atoms with E-state index in [4.69, 9.17) is 23.8 Å². The summed E-state index contributed by atoms with van der Waals surface area (Å²) in [6.45, 7) is 2.60. The van der Waals surface area contributed by atoms with E-state index >= 15 is 0 Å². The first kappa shape index (κ1) is 16.5. The largest absolute Gasteiger partial charge is 0.358 e. The van der Waals surface area contributed by atoms with Gasteiger partial charge in [0, 0.05) is 29.6 Å². The number of hydrogen-bond acceptors (Lipinski definition) is 2. The minimum atomic E-state index is 0.564. The van der Waals surface area contributed by atoms with Crippen LogP contribution in [-0.4, -0.2) is 14.7 Å². The molecule has 0 aliphatic rings. The Bertz CT molecular complexity index is 842. The van der Waals surface area contributed by atoms with Gasteiger partial charge < -0.3 is 15.2 Å². The van der Waals surface area contributed by atoms with Crippen LogP contribution >= 0.6 is 23.8 Å². The summed E-state index contributed by atoms with van der Waals surface area (Å²) in [7, 11) is 0. The fourth-order valence-electron chi connectivity index (χ4n) is 2.41. The van der Waals surface area contributed by atoms with Crippen molar-refractivity contribution < 1.29 is 0 Å². The zero-order valence-electron chi connectivity index (χ0n) is 13.2. The van der Waals surface area contributed by atoms with Crippen LogP contribution in [0.4, 0.5) is 5.69 Å². The number of hydrogen-bond donors (Lipinski definition) is 2. The normalized spacial score (nSPS) is 10.4. The van der Waals surface area contributed by atoms with Gasteiger partial charge >= 0.3 is 0 Å². The molecule has 24 heavy (non-hydrogen) atoms. The summed E-state index contributed by atoms with van der Waals surface area (Å²) in [5.74, 6) is 0.948. The maximum atomic E-state index is 5.88. The van der Waals surface area contributed by atoms with Crippen LogP contribution in [0.1, 0.15) is 11.4 Å². The molecule has 0 aliphatic heterocycles. The SMILES string of the molecule is Cc1nccn1-c1ccccc1CNC(=S)Nc1ccc(Cl)cc1. The smallest absolute Gasteiger partial charge is 0.171 e. The molecule has 122 valence electrons. The first-order valence-corrected chi connectivity index (χ1v) is 8.31. The Morgan fingerprint density at radius 2 is 1.92 bits per heavy atom. The number of nitrogens with one attached hydrogen (secondary N) is 2. The highest BCUT2D eigenvalue weighted by atomic mass is 35.5. The van der Waals surface area contributed by atoms with Crippen molar-refractivity contribution in [3.63, 3.8) is 0 Å². The average molecular weight is 357 g/mol. The van der Waals surface area contributed by atoms with Gasteiger partial charge in [-0.05, 0) is 55.0 Å². The fourth-order valence-corrected chi connectivity index (χ4v) is 2.73. The van der Waals surface area contributed by atoms with E-state index in [0.717, 1.165) is 22.8 Å². The molecular formula is C18H17ClN4S. The first-order chi connectivity index (χ1) is 11.6. The zero-order valence-corrected chi connectivity index (χ0v) is 14.7. The van der Waals surface area contributed by atoms with E-state index in [1.54, 1.807) is 6.20 Å². The Morgan fingerprint density at radius 3 is 2.62 bits per heavy atom. The van der Waals surface area contributed by atoms with E-state index < -0.39 is 0 Å². The molecule has 0 unspecified atom stereocenters. The highest BCUT2D eigenvalue weighted by Gasteiger charge is 2.07. The molecule has 1 heterocycles. The lowest BCUT2D eigenvalue weighted by atomic mass is 10.1. The van der Waals surface area contributed by atoms with Gasteiger partial charge in [0.2, 0.25) is 0 Å². The van der Waals surface area contributed by atoms with Gasteiger partial charge in [0.25, 0.3) is 0 Å². The Hall–Kier alpha value is -2.37. The van der Waals surface area contributed by atoms with E-state index in [9.17, 15) is 0 Å². The Balaban J connectivity index is 1.68. The minimum Gasteiger partial charge on any atom is -0.358 e. The molecule has 1 aromatic heterocycles. The summed E-state index contributed by atoms with van der Waals surface area (Å²) >= 11 is 11.2. The number of halogens is 1. The highest BCUT2D eigenvalue weighted by molar-refractivity contribution is 7.80. The van der Waals surface area contributed by atoms with E-state index in [-0.39, 0.29) is 0 Å². The third-order valence-corrected chi connectivity index (χ3v) is 4.12. The molecule has 0 bridgehead atoms. The van der Waals surface area contributed by atoms with Crippen LogP contribution in [0.5, 0.6) is 0 Å². The molecule has 0 saturated heterocycles. The molecule has 0 fully saturated rings. The van der Waals surface area contributed by atoms with Crippen molar-refractivity contribution >= 4 is 34.6 Å². The van der Waals surface area contributed by atoms with Crippen LogP contribution in [0.3, 0.4) is 0 Å². The highest BCUT2D eigenvalue weighted by Crippen LogP contribution is 2.16. The number of imidazole rings is 1. The molecular weight excluding hydrogens is 340 g/mol. The lowest BCUT2D eigenvalue weighted by Gasteiger charge is -2.14. The predicted octanol–water partition coefficient (Wildman–Crippen LogP) is 4.32. The summed E-state index contributed by atoms with van der Waals surface area (Å²) < 4.78 is 2.06. The van der Waals surface area contributed by atoms with Crippen LogP contribution < -0.4 is 10.6 Å². The van der Waals surface area contributed by atoms with Gasteiger partial charge in [-0.2, -0.15) is 0 Å². The molecule has 3 rings (SSSR count). The van der Waals surface area contributed by atoms with Gasteiger partial charge in [0.15, 0.2) is 5.11 Å². The van der Waals surface area contributed by atoms with Gasteiger partial charge in [0.05, 0.1) is 5.69 Å². The van der Waals surface area contributed by atoms with E-state index in [1.807, 2.05) is 49.5 Å². The number of para-hydroxylation sites is 1. The monoisotopic (exact) mass is 356 g/mol. The van der Waals surface area contributed by atoms with Crippen molar-refractivity contribution in [1.29, 1.82) is 0 Å². The quantitative estimate of drug-likeness (QED) is 0.683. The minimum absolute atomic E-state index is 0.564. The van der Waals surface area contributed by atoms with Gasteiger partial charge in [-0.15, -0.1) is 0 Å². The third-order valence-electron chi connectivity index (χ3n) is 3.62. The molecule has 0 radical (unpaired) electrons. The van der Waals surface area contributed by atoms with Gasteiger partial charge in [-0.1, -0.05) is 29.8 Å². The molecule has 0 spiro atoms. The van der Waals surface area contributed by atoms with E-state index in [0.29, 0.717) is 16.7 Å². The summed E-state index contributed by atoms with van der Waals surface area (Å²) in [6.07, 6.45) is 3.75. The maximum absolute atomic E-state index is 5.88. The molecule has 2 aromatic carbocycles. The second kappa shape index (κ2) is 7.47. The van der Waals surface area contributed by atoms with Crippen LogP contribution in [0.25, 0.3) is 5.69 Å². The van der Waals surface area contributed by atoms with Crippen molar-refractivity contribution in [2.75, 3.05) is 5.32 Å². The van der Waals surface area contributed by atoms with Crippen molar-refractivity contribution in [2.24, 2.45) is 0 Å². The van der Waals surface area contributed by atoms with Gasteiger partial charge in [0.1, 0.15) is 5.82 Å².